The van der Waals surface area contributed by atoms with Crippen LogP contribution in [0.25, 0.3) is 99.5 Å². The zero-order chi connectivity index (χ0) is 43.8. The van der Waals surface area contributed by atoms with E-state index in [4.69, 9.17) is 4.42 Å². The minimum absolute atomic E-state index is 0.875. The maximum Gasteiger partial charge on any atom is 0.143 e. The molecule has 1 heterocycles. The van der Waals surface area contributed by atoms with Crippen LogP contribution in [0.1, 0.15) is 0 Å². The van der Waals surface area contributed by atoms with E-state index < -0.39 is 0 Å². The second-order valence-electron chi connectivity index (χ2n) is 16.8. The van der Waals surface area contributed by atoms with Crippen molar-refractivity contribution in [3.05, 3.63) is 261 Å². The molecule has 0 aliphatic rings. The van der Waals surface area contributed by atoms with Crippen LogP contribution >= 0.6 is 0 Å². The zero-order valence-corrected chi connectivity index (χ0v) is 36.2. The van der Waals surface area contributed by atoms with Gasteiger partial charge < -0.3 is 9.32 Å². The van der Waals surface area contributed by atoms with Gasteiger partial charge in [-0.05, 0) is 115 Å². The number of nitrogens with zero attached hydrogens (tertiary/aromatic N) is 1. The maximum absolute atomic E-state index is 6.70. The van der Waals surface area contributed by atoms with E-state index >= 15 is 0 Å². The SMILES string of the molecule is c1ccc(-c2ccc(-c3ccc(N(c4ccc(-c5ccc(-c6ccccc6)c(-c6ccccc6)c5)cc4)c4ccccc4-c4cccc5oc6c7ccccc7ccc6c45)cc3)cc2)cc1. The van der Waals surface area contributed by atoms with Crippen molar-refractivity contribution in [3.8, 4) is 66.8 Å². The highest BCUT2D eigenvalue weighted by Crippen LogP contribution is 2.46. The summed E-state index contributed by atoms with van der Waals surface area (Å²) >= 11 is 0. The lowest BCUT2D eigenvalue weighted by Crippen LogP contribution is -2.11. The highest BCUT2D eigenvalue weighted by Gasteiger charge is 2.21. The summed E-state index contributed by atoms with van der Waals surface area (Å²) in [6.45, 7) is 0. The Hall–Kier alpha value is -8.72. The van der Waals surface area contributed by atoms with Crippen LogP contribution in [0.3, 0.4) is 0 Å². The molecule has 12 rings (SSSR count). The maximum atomic E-state index is 6.70. The van der Waals surface area contributed by atoms with Crippen molar-refractivity contribution in [2.45, 2.75) is 0 Å². The van der Waals surface area contributed by atoms with Crippen molar-refractivity contribution < 1.29 is 4.42 Å². The molecular formula is C64H43NO. The predicted molar refractivity (Wildman–Crippen MR) is 279 cm³/mol. The van der Waals surface area contributed by atoms with E-state index in [1.807, 2.05) is 0 Å². The average molecular weight is 842 g/mol. The molecule has 310 valence electrons. The van der Waals surface area contributed by atoms with Crippen LogP contribution in [0.4, 0.5) is 17.1 Å². The summed E-state index contributed by atoms with van der Waals surface area (Å²) < 4.78 is 6.70. The summed E-state index contributed by atoms with van der Waals surface area (Å²) in [5.41, 5.74) is 19.1. The standard InChI is InChI=1S/C64H43NO/c1-4-15-44(16-5-1)45-27-29-46(30-28-45)47-31-37-53(38-32-47)65(54-39-33-48(34-40-54)52-36-41-55(49-17-6-2-7-18-49)60(43-52)50-19-8-3-9-20-50)61-25-13-12-23-57(61)58-24-14-26-62-63(58)59-42-35-51-21-10-11-22-56(51)64(59)66-62/h1-43H. The Morgan fingerprint density at radius 1 is 0.273 bits per heavy atom. The third-order valence-electron chi connectivity index (χ3n) is 12.9. The molecule has 2 heteroatoms. The molecule has 0 unspecified atom stereocenters. The molecular weight excluding hydrogens is 799 g/mol. The van der Waals surface area contributed by atoms with Gasteiger partial charge in [-0.2, -0.15) is 0 Å². The summed E-state index contributed by atoms with van der Waals surface area (Å²) in [4.78, 5) is 2.39. The molecule has 0 fully saturated rings. The van der Waals surface area contributed by atoms with E-state index in [2.05, 4.69) is 266 Å². The van der Waals surface area contributed by atoms with Crippen molar-refractivity contribution in [2.75, 3.05) is 4.90 Å². The molecule has 66 heavy (non-hydrogen) atoms. The van der Waals surface area contributed by atoms with Gasteiger partial charge in [0.15, 0.2) is 0 Å². The fraction of sp³-hybridized carbons (Fsp3) is 0. The number of para-hydroxylation sites is 1. The van der Waals surface area contributed by atoms with Crippen molar-refractivity contribution in [1.29, 1.82) is 0 Å². The normalized spacial score (nSPS) is 11.3. The topological polar surface area (TPSA) is 16.4 Å². The number of furan rings is 1. The van der Waals surface area contributed by atoms with E-state index in [0.29, 0.717) is 0 Å². The molecule has 0 bridgehead atoms. The van der Waals surface area contributed by atoms with Gasteiger partial charge in [0.1, 0.15) is 11.2 Å². The van der Waals surface area contributed by atoms with Crippen LogP contribution in [-0.4, -0.2) is 0 Å². The third-order valence-corrected chi connectivity index (χ3v) is 12.9. The first kappa shape index (κ1) is 38.9. The van der Waals surface area contributed by atoms with Crippen molar-refractivity contribution in [2.24, 2.45) is 0 Å². The predicted octanol–water partition coefficient (Wildman–Crippen LogP) is 18.2. The number of hydrogen-bond donors (Lipinski definition) is 0. The molecule has 0 N–H and O–H groups in total. The van der Waals surface area contributed by atoms with Gasteiger partial charge in [-0.1, -0.05) is 212 Å². The largest absolute Gasteiger partial charge is 0.455 e. The molecule has 12 aromatic rings. The van der Waals surface area contributed by atoms with Gasteiger partial charge in [0.05, 0.1) is 5.69 Å². The second-order valence-corrected chi connectivity index (χ2v) is 16.8. The number of hydrogen-bond acceptors (Lipinski definition) is 2. The van der Waals surface area contributed by atoms with E-state index in [9.17, 15) is 0 Å². The first-order valence-electron chi connectivity index (χ1n) is 22.6. The first-order chi connectivity index (χ1) is 32.7. The number of rotatable bonds is 9. The third kappa shape index (κ3) is 7.12. The van der Waals surface area contributed by atoms with Gasteiger partial charge >= 0.3 is 0 Å². The summed E-state index contributed by atoms with van der Waals surface area (Å²) in [6.07, 6.45) is 0. The summed E-state index contributed by atoms with van der Waals surface area (Å²) in [7, 11) is 0. The molecule has 0 saturated carbocycles. The lowest BCUT2D eigenvalue weighted by atomic mass is 9.91. The number of anilines is 3. The van der Waals surface area contributed by atoms with Gasteiger partial charge in [-0.25, -0.2) is 0 Å². The van der Waals surface area contributed by atoms with E-state index in [-0.39, 0.29) is 0 Å². The van der Waals surface area contributed by atoms with Crippen LogP contribution in [0.15, 0.2) is 265 Å². The van der Waals surface area contributed by atoms with E-state index in [0.717, 1.165) is 66.6 Å². The summed E-state index contributed by atoms with van der Waals surface area (Å²) in [6, 6.07) is 93.8. The molecule has 11 aromatic carbocycles. The lowest BCUT2D eigenvalue weighted by Gasteiger charge is -2.28. The Morgan fingerprint density at radius 3 is 1.41 bits per heavy atom. The highest BCUT2D eigenvalue weighted by molar-refractivity contribution is 6.19. The quantitative estimate of drug-likeness (QED) is 0.144. The fourth-order valence-corrected chi connectivity index (χ4v) is 9.64. The molecule has 0 radical (unpaired) electrons. The van der Waals surface area contributed by atoms with Gasteiger partial charge in [-0.3, -0.25) is 0 Å². The van der Waals surface area contributed by atoms with E-state index in [1.165, 1.54) is 49.9 Å². The van der Waals surface area contributed by atoms with Gasteiger partial charge in [-0.15, -0.1) is 0 Å². The average Bonchev–Trinajstić information content (AvgIpc) is 3.80. The minimum atomic E-state index is 0.875. The van der Waals surface area contributed by atoms with Crippen LogP contribution in [-0.2, 0) is 0 Å². The Balaban J connectivity index is 0.980. The minimum Gasteiger partial charge on any atom is -0.455 e. The molecule has 0 amide bonds. The molecule has 0 aliphatic carbocycles. The summed E-state index contributed by atoms with van der Waals surface area (Å²) in [5, 5.41) is 4.51. The van der Waals surface area contributed by atoms with Crippen LogP contribution in [0.5, 0.6) is 0 Å². The first-order valence-corrected chi connectivity index (χ1v) is 22.6. The van der Waals surface area contributed by atoms with Crippen LogP contribution in [0.2, 0.25) is 0 Å². The van der Waals surface area contributed by atoms with Crippen LogP contribution < -0.4 is 4.90 Å². The molecule has 0 aliphatic heterocycles. The zero-order valence-electron chi connectivity index (χ0n) is 36.2. The molecule has 0 atom stereocenters. The molecule has 1 aromatic heterocycles. The van der Waals surface area contributed by atoms with Crippen molar-refractivity contribution in [3.63, 3.8) is 0 Å². The van der Waals surface area contributed by atoms with Crippen molar-refractivity contribution in [1.82, 2.24) is 0 Å². The van der Waals surface area contributed by atoms with Crippen LogP contribution in [0, 0.1) is 0 Å². The smallest absolute Gasteiger partial charge is 0.143 e. The van der Waals surface area contributed by atoms with Gasteiger partial charge in [0.2, 0.25) is 0 Å². The lowest BCUT2D eigenvalue weighted by molar-refractivity contribution is 0.673. The highest BCUT2D eigenvalue weighted by atomic mass is 16.3. The molecule has 2 nitrogen and oxygen atoms in total. The van der Waals surface area contributed by atoms with Gasteiger partial charge in [0, 0.05) is 33.1 Å². The van der Waals surface area contributed by atoms with Crippen molar-refractivity contribution >= 4 is 49.8 Å². The van der Waals surface area contributed by atoms with Gasteiger partial charge in [0.25, 0.3) is 0 Å². The fourth-order valence-electron chi connectivity index (χ4n) is 9.64. The monoisotopic (exact) mass is 841 g/mol. The molecule has 0 saturated heterocycles. The Kier molecular flexibility index (Phi) is 9.89. The van der Waals surface area contributed by atoms with E-state index in [1.54, 1.807) is 0 Å². The molecule has 0 spiro atoms. The number of fused-ring (bicyclic) bond motifs is 5. The summed E-state index contributed by atoms with van der Waals surface area (Å²) in [5.74, 6) is 0. The second kappa shape index (κ2) is 16.8. The number of benzene rings is 11. The Bertz CT molecular complexity index is 3650. The Morgan fingerprint density at radius 2 is 0.758 bits per heavy atom. The Labute approximate surface area is 384 Å².